The number of nitrogens with zero attached hydrogens (tertiary/aromatic N) is 1. The van der Waals surface area contributed by atoms with Crippen molar-refractivity contribution in [1.82, 2.24) is 0 Å². The highest BCUT2D eigenvalue weighted by molar-refractivity contribution is 7.92. The second-order valence-corrected chi connectivity index (χ2v) is 7.40. The molecule has 2 aromatic carbocycles. The molecule has 2 aromatic rings. The van der Waals surface area contributed by atoms with Crippen LogP contribution in [-0.2, 0) is 22.2 Å². The lowest BCUT2D eigenvalue weighted by atomic mass is 9.99. The van der Waals surface area contributed by atoms with Gasteiger partial charge in [0.2, 0.25) is 10.0 Å². The van der Waals surface area contributed by atoms with Gasteiger partial charge in [-0.3, -0.25) is 4.31 Å². The van der Waals surface area contributed by atoms with Crippen LogP contribution in [0.1, 0.15) is 24.5 Å². The Labute approximate surface area is 126 Å². The first kappa shape index (κ1) is 14.1. The molecule has 0 fully saturated rings. The average molecular weight is 301 g/mol. The van der Waals surface area contributed by atoms with Crippen LogP contribution < -0.4 is 4.31 Å². The topological polar surface area (TPSA) is 37.4 Å². The minimum Gasteiger partial charge on any atom is -0.267 e. The molecule has 1 heterocycles. The van der Waals surface area contributed by atoms with Gasteiger partial charge in [0.05, 0.1) is 11.4 Å². The minimum atomic E-state index is -3.37. The van der Waals surface area contributed by atoms with Crippen molar-refractivity contribution < 1.29 is 8.42 Å². The summed E-state index contributed by atoms with van der Waals surface area (Å²) >= 11 is 0. The lowest BCUT2D eigenvalue weighted by molar-refractivity contribution is 0.562. The standard InChI is InChI=1S/C17H19NO2S/c1-14-11-12-16-9-5-6-10-17(16)18(14)21(19,20)13-15-7-3-2-4-8-15/h2-10,14H,11-13H2,1H3/t14-/m1/s1. The van der Waals surface area contributed by atoms with Crippen LogP contribution in [0.3, 0.4) is 0 Å². The quantitative estimate of drug-likeness (QED) is 0.872. The predicted octanol–water partition coefficient (Wildman–Crippen LogP) is 3.36. The highest BCUT2D eigenvalue weighted by atomic mass is 32.2. The van der Waals surface area contributed by atoms with Crippen LogP contribution in [0.5, 0.6) is 0 Å². The van der Waals surface area contributed by atoms with E-state index in [1.54, 1.807) is 4.31 Å². The summed E-state index contributed by atoms with van der Waals surface area (Å²) < 4.78 is 27.3. The number of para-hydroxylation sites is 1. The first-order chi connectivity index (χ1) is 10.1. The second kappa shape index (κ2) is 5.53. The largest absolute Gasteiger partial charge is 0.267 e. The third-order valence-corrected chi connectivity index (χ3v) is 5.81. The summed E-state index contributed by atoms with van der Waals surface area (Å²) in [6, 6.07) is 17.2. The molecule has 0 unspecified atom stereocenters. The fourth-order valence-corrected chi connectivity index (χ4v) is 4.82. The molecule has 0 amide bonds. The van der Waals surface area contributed by atoms with E-state index < -0.39 is 10.0 Å². The molecule has 1 aliphatic heterocycles. The number of hydrogen-bond acceptors (Lipinski definition) is 2. The van der Waals surface area contributed by atoms with Crippen LogP contribution in [-0.4, -0.2) is 14.5 Å². The number of aryl methyl sites for hydroxylation is 1. The van der Waals surface area contributed by atoms with E-state index in [0.29, 0.717) is 0 Å². The second-order valence-electron chi connectivity index (χ2n) is 5.55. The molecule has 0 radical (unpaired) electrons. The smallest absolute Gasteiger partial charge is 0.239 e. The number of benzene rings is 2. The van der Waals surface area contributed by atoms with Gasteiger partial charge in [-0.05, 0) is 37.0 Å². The van der Waals surface area contributed by atoms with Gasteiger partial charge in [-0.1, -0.05) is 48.5 Å². The Bertz CT molecular complexity index is 725. The number of anilines is 1. The van der Waals surface area contributed by atoms with E-state index in [-0.39, 0.29) is 11.8 Å². The normalized spacial score (nSPS) is 18.3. The molecule has 4 heteroatoms. The summed E-state index contributed by atoms with van der Waals surface area (Å²) in [7, 11) is -3.37. The Balaban J connectivity index is 1.98. The highest BCUT2D eigenvalue weighted by Gasteiger charge is 2.32. The van der Waals surface area contributed by atoms with Crippen molar-refractivity contribution >= 4 is 15.7 Å². The van der Waals surface area contributed by atoms with Crippen molar-refractivity contribution in [3.63, 3.8) is 0 Å². The summed E-state index contributed by atoms with van der Waals surface area (Å²) in [5.41, 5.74) is 2.78. The van der Waals surface area contributed by atoms with E-state index in [1.165, 1.54) is 0 Å². The lowest BCUT2D eigenvalue weighted by Gasteiger charge is -2.36. The highest BCUT2D eigenvalue weighted by Crippen LogP contribution is 2.33. The fourth-order valence-electron chi connectivity index (χ4n) is 2.93. The van der Waals surface area contributed by atoms with Crippen molar-refractivity contribution in [3.05, 3.63) is 65.7 Å². The van der Waals surface area contributed by atoms with E-state index in [9.17, 15) is 8.42 Å². The average Bonchev–Trinajstić information content (AvgIpc) is 2.47. The molecule has 110 valence electrons. The minimum absolute atomic E-state index is 0.00797. The van der Waals surface area contributed by atoms with E-state index in [2.05, 4.69) is 0 Å². The Morgan fingerprint density at radius 3 is 2.48 bits per heavy atom. The van der Waals surface area contributed by atoms with Gasteiger partial charge < -0.3 is 0 Å². The molecule has 0 saturated heterocycles. The number of rotatable bonds is 3. The van der Waals surface area contributed by atoms with E-state index in [0.717, 1.165) is 29.7 Å². The Hall–Kier alpha value is -1.81. The first-order valence-corrected chi connectivity index (χ1v) is 8.83. The lowest BCUT2D eigenvalue weighted by Crippen LogP contribution is -2.42. The Kier molecular flexibility index (Phi) is 3.72. The van der Waals surface area contributed by atoms with Gasteiger partial charge in [-0.2, -0.15) is 0 Å². The summed E-state index contributed by atoms with van der Waals surface area (Å²) in [6.45, 7) is 1.98. The molecule has 3 rings (SSSR count). The van der Waals surface area contributed by atoms with E-state index >= 15 is 0 Å². The summed E-state index contributed by atoms with van der Waals surface area (Å²) in [4.78, 5) is 0. The van der Waals surface area contributed by atoms with Crippen molar-refractivity contribution in [2.24, 2.45) is 0 Å². The van der Waals surface area contributed by atoms with Crippen LogP contribution in [0.2, 0.25) is 0 Å². The molecule has 0 aromatic heterocycles. The molecule has 3 nitrogen and oxygen atoms in total. The van der Waals surface area contributed by atoms with Gasteiger partial charge in [0.15, 0.2) is 0 Å². The van der Waals surface area contributed by atoms with Crippen molar-refractivity contribution in [1.29, 1.82) is 0 Å². The third kappa shape index (κ3) is 2.81. The van der Waals surface area contributed by atoms with Gasteiger partial charge >= 0.3 is 0 Å². The summed E-state index contributed by atoms with van der Waals surface area (Å²) in [5.74, 6) is 0.0481. The number of hydrogen-bond donors (Lipinski definition) is 0. The van der Waals surface area contributed by atoms with Gasteiger partial charge in [0.1, 0.15) is 0 Å². The van der Waals surface area contributed by atoms with Crippen LogP contribution in [0.15, 0.2) is 54.6 Å². The molecule has 0 bridgehead atoms. The van der Waals surface area contributed by atoms with Crippen molar-refractivity contribution in [2.45, 2.75) is 31.6 Å². The molecule has 0 spiro atoms. The zero-order valence-corrected chi connectivity index (χ0v) is 12.9. The molecular weight excluding hydrogens is 282 g/mol. The van der Waals surface area contributed by atoms with Gasteiger partial charge in [-0.15, -0.1) is 0 Å². The van der Waals surface area contributed by atoms with Crippen LogP contribution in [0, 0.1) is 0 Å². The molecule has 1 aliphatic rings. The Morgan fingerprint density at radius 2 is 1.71 bits per heavy atom. The molecule has 21 heavy (non-hydrogen) atoms. The molecule has 0 aliphatic carbocycles. The van der Waals surface area contributed by atoms with Gasteiger partial charge in [0.25, 0.3) is 0 Å². The van der Waals surface area contributed by atoms with Crippen molar-refractivity contribution in [3.8, 4) is 0 Å². The zero-order valence-electron chi connectivity index (χ0n) is 12.1. The number of sulfonamides is 1. The molecular formula is C17H19NO2S. The third-order valence-electron chi connectivity index (χ3n) is 3.95. The van der Waals surface area contributed by atoms with Gasteiger partial charge in [0, 0.05) is 6.04 Å². The predicted molar refractivity (Wildman–Crippen MR) is 85.8 cm³/mol. The van der Waals surface area contributed by atoms with E-state index in [1.807, 2.05) is 61.5 Å². The zero-order chi connectivity index (χ0) is 14.9. The fraction of sp³-hybridized carbons (Fsp3) is 0.294. The molecule has 0 N–H and O–H groups in total. The maximum absolute atomic E-state index is 12.9. The summed E-state index contributed by atoms with van der Waals surface area (Å²) in [5, 5.41) is 0. The summed E-state index contributed by atoms with van der Waals surface area (Å²) in [6.07, 6.45) is 1.81. The monoisotopic (exact) mass is 301 g/mol. The van der Waals surface area contributed by atoms with Crippen LogP contribution in [0.25, 0.3) is 0 Å². The Morgan fingerprint density at radius 1 is 1.05 bits per heavy atom. The molecule has 0 saturated carbocycles. The van der Waals surface area contributed by atoms with Crippen LogP contribution in [0.4, 0.5) is 5.69 Å². The first-order valence-electron chi connectivity index (χ1n) is 7.22. The van der Waals surface area contributed by atoms with Crippen LogP contribution >= 0.6 is 0 Å². The number of fused-ring (bicyclic) bond motifs is 1. The van der Waals surface area contributed by atoms with Crippen molar-refractivity contribution in [2.75, 3.05) is 4.31 Å². The SMILES string of the molecule is C[C@@H]1CCc2ccccc2N1S(=O)(=O)Cc1ccccc1. The maximum Gasteiger partial charge on any atom is 0.239 e. The van der Waals surface area contributed by atoms with Gasteiger partial charge in [-0.25, -0.2) is 8.42 Å². The maximum atomic E-state index is 12.9. The van der Waals surface area contributed by atoms with E-state index in [4.69, 9.17) is 0 Å². The molecule has 1 atom stereocenters.